The van der Waals surface area contributed by atoms with Crippen LogP contribution < -0.4 is 5.32 Å². The number of hydrogen-bond donors (Lipinski definition) is 1. The number of amides is 2. The summed E-state index contributed by atoms with van der Waals surface area (Å²) in [6, 6.07) is 12.5. The van der Waals surface area contributed by atoms with Gasteiger partial charge in [-0.3, -0.25) is 4.90 Å². The number of fused-ring (bicyclic) bond motifs is 1. The van der Waals surface area contributed by atoms with Gasteiger partial charge in [-0.15, -0.1) is 0 Å². The number of rotatable bonds is 4. The van der Waals surface area contributed by atoms with Crippen molar-refractivity contribution in [1.29, 1.82) is 0 Å². The van der Waals surface area contributed by atoms with Crippen molar-refractivity contribution in [3.05, 3.63) is 59.5 Å². The van der Waals surface area contributed by atoms with Gasteiger partial charge in [-0.05, 0) is 36.8 Å². The molecule has 0 saturated carbocycles. The molecule has 2 heterocycles. The number of nitrogens with one attached hydrogen (secondary N) is 1. The SMILES string of the molecule is COC(=O)c1ccccc1NC(=O)N1CCN(Cc2nc3cc(C)ccc3o2)CC1. The summed E-state index contributed by atoms with van der Waals surface area (Å²) in [7, 11) is 1.32. The normalized spacial score (nSPS) is 14.7. The summed E-state index contributed by atoms with van der Waals surface area (Å²) in [5.41, 5.74) is 3.58. The van der Waals surface area contributed by atoms with Crippen molar-refractivity contribution in [2.45, 2.75) is 13.5 Å². The van der Waals surface area contributed by atoms with Crippen LogP contribution in [0.5, 0.6) is 0 Å². The Morgan fingerprint density at radius 1 is 1.13 bits per heavy atom. The molecule has 0 unspecified atom stereocenters. The molecule has 3 aromatic rings. The molecule has 1 aromatic heterocycles. The van der Waals surface area contributed by atoms with Gasteiger partial charge >= 0.3 is 12.0 Å². The van der Waals surface area contributed by atoms with E-state index in [1.54, 1.807) is 29.2 Å². The maximum absolute atomic E-state index is 12.7. The summed E-state index contributed by atoms with van der Waals surface area (Å²) in [4.78, 5) is 33.1. The molecular weight excluding hydrogens is 384 g/mol. The Bertz CT molecular complexity index is 1070. The van der Waals surface area contributed by atoms with Gasteiger partial charge in [0, 0.05) is 26.2 Å². The smallest absolute Gasteiger partial charge is 0.339 e. The molecule has 4 rings (SSSR count). The Kier molecular flexibility index (Phi) is 5.67. The number of para-hydroxylation sites is 1. The fourth-order valence-corrected chi connectivity index (χ4v) is 3.53. The highest BCUT2D eigenvalue weighted by Gasteiger charge is 2.23. The summed E-state index contributed by atoms with van der Waals surface area (Å²) >= 11 is 0. The van der Waals surface area contributed by atoms with Crippen LogP contribution in [0.3, 0.4) is 0 Å². The molecule has 156 valence electrons. The molecule has 1 fully saturated rings. The van der Waals surface area contributed by atoms with E-state index in [0.29, 0.717) is 49.9 Å². The largest absolute Gasteiger partial charge is 0.465 e. The first-order chi connectivity index (χ1) is 14.5. The Balaban J connectivity index is 1.34. The van der Waals surface area contributed by atoms with Crippen molar-refractivity contribution >= 4 is 28.8 Å². The molecule has 2 amide bonds. The number of urea groups is 1. The molecule has 2 aromatic carbocycles. The first kappa shape index (κ1) is 19.9. The van der Waals surface area contributed by atoms with E-state index in [1.807, 2.05) is 25.1 Å². The van der Waals surface area contributed by atoms with E-state index in [2.05, 4.69) is 15.2 Å². The van der Waals surface area contributed by atoms with Crippen LogP contribution in [0.15, 0.2) is 46.9 Å². The van der Waals surface area contributed by atoms with E-state index in [9.17, 15) is 9.59 Å². The third kappa shape index (κ3) is 4.28. The van der Waals surface area contributed by atoms with Crippen molar-refractivity contribution in [3.8, 4) is 0 Å². The van der Waals surface area contributed by atoms with E-state index in [4.69, 9.17) is 9.15 Å². The van der Waals surface area contributed by atoms with Gasteiger partial charge in [0.15, 0.2) is 5.58 Å². The number of carbonyl (C=O) groups excluding carboxylic acids is 2. The third-order valence-electron chi connectivity index (χ3n) is 5.18. The number of methoxy groups -OCH3 is 1. The minimum absolute atomic E-state index is 0.233. The Labute approximate surface area is 174 Å². The van der Waals surface area contributed by atoms with Crippen LogP contribution in [0.1, 0.15) is 21.8 Å². The van der Waals surface area contributed by atoms with E-state index in [1.165, 1.54) is 7.11 Å². The molecule has 30 heavy (non-hydrogen) atoms. The lowest BCUT2D eigenvalue weighted by atomic mass is 10.2. The Morgan fingerprint density at radius 2 is 1.90 bits per heavy atom. The summed E-state index contributed by atoms with van der Waals surface area (Å²) < 4.78 is 10.6. The monoisotopic (exact) mass is 408 g/mol. The maximum Gasteiger partial charge on any atom is 0.339 e. The van der Waals surface area contributed by atoms with Crippen molar-refractivity contribution in [1.82, 2.24) is 14.8 Å². The van der Waals surface area contributed by atoms with Crippen LogP contribution >= 0.6 is 0 Å². The lowest BCUT2D eigenvalue weighted by Gasteiger charge is -2.34. The second kappa shape index (κ2) is 8.54. The predicted molar refractivity (Wildman–Crippen MR) is 112 cm³/mol. The number of carbonyl (C=O) groups is 2. The fourth-order valence-electron chi connectivity index (χ4n) is 3.53. The van der Waals surface area contributed by atoms with Crippen LogP contribution in [-0.4, -0.2) is 60.1 Å². The number of aromatic nitrogens is 1. The van der Waals surface area contributed by atoms with E-state index < -0.39 is 5.97 Å². The summed E-state index contributed by atoms with van der Waals surface area (Å²) in [6.07, 6.45) is 0. The summed E-state index contributed by atoms with van der Waals surface area (Å²) in [5, 5.41) is 2.82. The van der Waals surface area contributed by atoms with Gasteiger partial charge < -0.3 is 19.4 Å². The highest BCUT2D eigenvalue weighted by molar-refractivity contribution is 6.00. The number of ether oxygens (including phenoxy) is 1. The molecule has 0 aliphatic carbocycles. The number of benzene rings is 2. The Morgan fingerprint density at radius 3 is 2.67 bits per heavy atom. The highest BCUT2D eigenvalue weighted by atomic mass is 16.5. The van der Waals surface area contributed by atoms with Crippen LogP contribution in [0.25, 0.3) is 11.1 Å². The molecule has 1 aliphatic rings. The molecule has 0 spiro atoms. The Hall–Kier alpha value is -3.39. The lowest BCUT2D eigenvalue weighted by molar-refractivity contribution is 0.0602. The quantitative estimate of drug-likeness (QED) is 0.667. The predicted octanol–water partition coefficient (Wildman–Crippen LogP) is 3.27. The van der Waals surface area contributed by atoms with Gasteiger partial charge in [-0.2, -0.15) is 0 Å². The van der Waals surface area contributed by atoms with Gasteiger partial charge in [0.1, 0.15) is 5.52 Å². The molecule has 1 aliphatic heterocycles. The highest BCUT2D eigenvalue weighted by Crippen LogP contribution is 2.20. The van der Waals surface area contributed by atoms with E-state index in [-0.39, 0.29) is 6.03 Å². The zero-order chi connectivity index (χ0) is 21.1. The number of piperazine rings is 1. The van der Waals surface area contributed by atoms with Gasteiger partial charge in [0.2, 0.25) is 5.89 Å². The molecule has 8 nitrogen and oxygen atoms in total. The minimum Gasteiger partial charge on any atom is -0.465 e. The first-order valence-corrected chi connectivity index (χ1v) is 9.85. The van der Waals surface area contributed by atoms with Crippen molar-refractivity contribution in [2.75, 3.05) is 38.6 Å². The van der Waals surface area contributed by atoms with Crippen molar-refractivity contribution in [3.63, 3.8) is 0 Å². The second-order valence-corrected chi connectivity index (χ2v) is 7.31. The van der Waals surface area contributed by atoms with Gasteiger partial charge in [0.05, 0.1) is 24.9 Å². The molecule has 0 radical (unpaired) electrons. The fraction of sp³-hybridized carbons (Fsp3) is 0.318. The number of hydrogen-bond acceptors (Lipinski definition) is 6. The van der Waals surface area contributed by atoms with Crippen molar-refractivity contribution in [2.24, 2.45) is 0 Å². The first-order valence-electron chi connectivity index (χ1n) is 9.85. The summed E-state index contributed by atoms with van der Waals surface area (Å²) in [5.74, 6) is 0.199. The lowest BCUT2D eigenvalue weighted by Crippen LogP contribution is -2.49. The van der Waals surface area contributed by atoms with Gasteiger partial charge in [-0.25, -0.2) is 14.6 Å². The zero-order valence-corrected chi connectivity index (χ0v) is 17.1. The maximum atomic E-state index is 12.7. The van der Waals surface area contributed by atoms with Crippen molar-refractivity contribution < 1.29 is 18.7 Å². The molecule has 1 saturated heterocycles. The minimum atomic E-state index is -0.482. The molecule has 0 bridgehead atoms. The molecule has 8 heteroatoms. The third-order valence-corrected chi connectivity index (χ3v) is 5.18. The zero-order valence-electron chi connectivity index (χ0n) is 17.1. The van der Waals surface area contributed by atoms with E-state index >= 15 is 0 Å². The van der Waals surface area contributed by atoms with Crippen LogP contribution in [-0.2, 0) is 11.3 Å². The number of anilines is 1. The molecule has 0 atom stereocenters. The molecular formula is C22H24N4O4. The van der Waals surface area contributed by atoms with Gasteiger partial charge in [0.25, 0.3) is 0 Å². The topological polar surface area (TPSA) is 87.9 Å². The van der Waals surface area contributed by atoms with Crippen LogP contribution in [0, 0.1) is 6.92 Å². The number of oxazole rings is 1. The average molecular weight is 408 g/mol. The van der Waals surface area contributed by atoms with Crippen LogP contribution in [0.4, 0.5) is 10.5 Å². The number of nitrogens with zero attached hydrogens (tertiary/aromatic N) is 3. The average Bonchev–Trinajstić information content (AvgIpc) is 3.15. The number of esters is 1. The number of aryl methyl sites for hydroxylation is 1. The summed E-state index contributed by atoms with van der Waals surface area (Å²) in [6.45, 7) is 5.21. The molecule has 1 N–H and O–H groups in total. The van der Waals surface area contributed by atoms with Crippen LogP contribution in [0.2, 0.25) is 0 Å². The second-order valence-electron chi connectivity index (χ2n) is 7.31. The standard InChI is InChI=1S/C22H24N4O4/c1-15-7-8-19-18(13-15)23-20(30-19)14-25-9-11-26(12-10-25)22(28)24-17-6-4-3-5-16(17)21(27)29-2/h3-8,13H,9-12,14H2,1-2H3,(H,24,28). The van der Waals surface area contributed by atoms with E-state index in [0.717, 1.165) is 16.7 Å². The van der Waals surface area contributed by atoms with Gasteiger partial charge in [-0.1, -0.05) is 18.2 Å².